The van der Waals surface area contributed by atoms with Gasteiger partial charge in [0.1, 0.15) is 0 Å². The minimum Gasteiger partial charge on any atom is -0.654 e. The van der Waals surface area contributed by atoms with Crippen LogP contribution in [0.15, 0.2) is 111 Å². The molecule has 0 heterocycles. The summed E-state index contributed by atoms with van der Waals surface area (Å²) in [5.41, 5.74) is 2.41. The van der Waals surface area contributed by atoms with Crippen molar-refractivity contribution in [2.24, 2.45) is 5.92 Å². The van der Waals surface area contributed by atoms with Gasteiger partial charge in [-0.15, -0.1) is 37.3 Å². The van der Waals surface area contributed by atoms with E-state index in [0.717, 1.165) is 6.42 Å². The van der Waals surface area contributed by atoms with Gasteiger partial charge in [0.25, 0.3) is 0 Å². The minimum absolute atomic E-state index is 0. The number of nitrogens with zero attached hydrogens (tertiary/aromatic N) is 2. The quantitative estimate of drug-likeness (QED) is 0.274. The van der Waals surface area contributed by atoms with Gasteiger partial charge in [0.15, 0.2) is 0 Å². The van der Waals surface area contributed by atoms with E-state index in [-0.39, 0.29) is 67.8 Å². The van der Waals surface area contributed by atoms with E-state index >= 15 is 0 Å². The maximum atomic E-state index is 5.22. The normalized spacial score (nSPS) is 14.5. The Bertz CT molecular complexity index is 797. The predicted molar refractivity (Wildman–Crippen MR) is 132 cm³/mol. The third-order valence-electron chi connectivity index (χ3n) is 5.36. The van der Waals surface area contributed by atoms with Crippen molar-refractivity contribution < 1.29 is 37.7 Å². The van der Waals surface area contributed by atoms with E-state index in [4.69, 9.17) is 10.6 Å². The fourth-order valence-corrected chi connectivity index (χ4v) is 3.61. The molecule has 2 aromatic carbocycles. The van der Waals surface area contributed by atoms with Crippen LogP contribution < -0.4 is 37.7 Å². The van der Waals surface area contributed by atoms with Crippen molar-refractivity contribution in [2.45, 2.75) is 44.4 Å². The number of hydrogen-bond donors (Lipinski definition) is 0. The Labute approximate surface area is 219 Å². The number of allylic oxidation sites excluding steroid dienone is 2. The largest absolute Gasteiger partial charge is 1.00 e. The Morgan fingerprint density at radius 3 is 1.66 bits per heavy atom. The molecule has 0 aliphatic heterocycles. The smallest absolute Gasteiger partial charge is 0.654 e. The van der Waals surface area contributed by atoms with Gasteiger partial charge >= 0.3 is 37.7 Å². The van der Waals surface area contributed by atoms with Gasteiger partial charge in [0.2, 0.25) is 0 Å². The van der Waals surface area contributed by atoms with E-state index in [0.29, 0.717) is 0 Å². The summed E-state index contributed by atoms with van der Waals surface area (Å²) >= 11 is 0. The average Bonchev–Trinajstić information content (AvgIpc) is 2.79. The van der Waals surface area contributed by atoms with Crippen molar-refractivity contribution in [3.05, 3.63) is 133 Å². The van der Waals surface area contributed by atoms with Crippen LogP contribution in [0.3, 0.4) is 0 Å². The molecule has 0 aliphatic carbocycles. The molecule has 0 aromatic heterocycles. The van der Waals surface area contributed by atoms with Crippen LogP contribution in [0.2, 0.25) is 0 Å². The fourth-order valence-electron chi connectivity index (χ4n) is 3.61. The van der Waals surface area contributed by atoms with Crippen molar-refractivity contribution >= 4 is 0 Å². The second kappa shape index (κ2) is 17.1. The Hall–Kier alpha value is -1.49. The molecule has 0 radical (unpaired) electrons. The van der Waals surface area contributed by atoms with Gasteiger partial charge in [-0.3, -0.25) is 0 Å². The van der Waals surface area contributed by atoms with Crippen LogP contribution in [0, 0.1) is 5.92 Å². The first-order chi connectivity index (χ1) is 14.6. The molecule has 0 unspecified atom stereocenters. The molecule has 2 nitrogen and oxygen atoms in total. The molecule has 0 fully saturated rings. The Morgan fingerprint density at radius 1 is 0.750 bits per heavy atom. The Morgan fingerprint density at radius 2 is 1.22 bits per heavy atom. The van der Waals surface area contributed by atoms with Gasteiger partial charge in [0.05, 0.1) is 0 Å². The van der Waals surface area contributed by atoms with Crippen molar-refractivity contribution in [3.63, 3.8) is 0 Å². The molecule has 0 aliphatic rings. The summed E-state index contributed by atoms with van der Waals surface area (Å²) in [6, 6.07) is 20.9. The average molecular weight is 412 g/mol. The molecule has 158 valence electrons. The monoisotopic (exact) mass is 412 g/mol. The van der Waals surface area contributed by atoms with Crippen LogP contribution in [-0.4, -0.2) is 12.1 Å². The molecular formula is C28H34Li2N2. The van der Waals surface area contributed by atoms with E-state index in [9.17, 15) is 0 Å². The van der Waals surface area contributed by atoms with Crippen LogP contribution in [-0.2, 0) is 0 Å². The number of rotatable bonds is 13. The van der Waals surface area contributed by atoms with Crippen LogP contribution in [0.4, 0.5) is 0 Å². The fraction of sp³-hybridized carbons (Fsp3) is 0.286. The zero-order chi connectivity index (χ0) is 21.8. The van der Waals surface area contributed by atoms with Gasteiger partial charge in [-0.2, -0.15) is 0 Å². The third-order valence-corrected chi connectivity index (χ3v) is 5.36. The summed E-state index contributed by atoms with van der Waals surface area (Å²) in [6.45, 7) is 16.2. The molecule has 2 rings (SSSR count). The Kier molecular flexibility index (Phi) is 16.3. The molecule has 0 N–H and O–H groups in total. The first kappa shape index (κ1) is 30.5. The predicted octanol–water partition coefficient (Wildman–Crippen LogP) is 2.12. The van der Waals surface area contributed by atoms with Crippen molar-refractivity contribution in [2.75, 3.05) is 0 Å². The molecule has 0 saturated carbocycles. The van der Waals surface area contributed by atoms with Gasteiger partial charge in [-0.1, -0.05) is 129 Å². The van der Waals surface area contributed by atoms with Gasteiger partial charge in [-0.05, 0) is 5.92 Å². The van der Waals surface area contributed by atoms with Gasteiger partial charge in [0, 0.05) is 0 Å². The van der Waals surface area contributed by atoms with E-state index in [1.807, 2.05) is 30.4 Å². The van der Waals surface area contributed by atoms with Crippen LogP contribution in [0.1, 0.15) is 43.5 Å². The first-order valence-electron chi connectivity index (χ1n) is 10.6. The van der Waals surface area contributed by atoms with Crippen molar-refractivity contribution in [3.8, 4) is 0 Å². The summed E-state index contributed by atoms with van der Waals surface area (Å²) in [7, 11) is 0. The van der Waals surface area contributed by atoms with Gasteiger partial charge in [-0.25, -0.2) is 0 Å². The molecule has 0 spiro atoms. The van der Waals surface area contributed by atoms with Crippen LogP contribution in [0.5, 0.6) is 0 Å². The molecule has 4 heteroatoms. The minimum atomic E-state index is -0.0455. The third kappa shape index (κ3) is 9.56. The maximum absolute atomic E-state index is 5.22. The Balaban J connectivity index is 0.00000480. The topological polar surface area (TPSA) is 28.2 Å². The van der Waals surface area contributed by atoms with E-state index in [2.05, 4.69) is 88.2 Å². The second-order valence-corrected chi connectivity index (χ2v) is 7.48. The molecule has 0 saturated heterocycles. The molecule has 0 bridgehead atoms. The second-order valence-electron chi connectivity index (χ2n) is 7.48. The van der Waals surface area contributed by atoms with Crippen molar-refractivity contribution in [1.29, 1.82) is 0 Å². The number of benzene rings is 2. The summed E-state index contributed by atoms with van der Waals surface area (Å²) < 4.78 is 0. The molecular weight excluding hydrogens is 378 g/mol. The standard InChI is InChI=1S/C28H34N2.2Li/c1-6-9-12-21-27(29-22(4)25-17-13-10-14-18-25)28(24(7-2)8-3)30-23(5)26-19-15-11-16-20-26;;/h6-20,22-24,27-28H,1-3,21H2,4-5H3;;/q-2;2*+1/b12-9+;;/t22-,23-,27+,28+;;/m0../s1. The zero-order valence-corrected chi connectivity index (χ0v) is 20.3. The van der Waals surface area contributed by atoms with Crippen LogP contribution >= 0.6 is 0 Å². The van der Waals surface area contributed by atoms with Crippen LogP contribution in [0.25, 0.3) is 10.6 Å². The number of hydrogen-bond acceptors (Lipinski definition) is 0. The molecule has 4 atom stereocenters. The molecule has 32 heavy (non-hydrogen) atoms. The first-order valence-corrected chi connectivity index (χ1v) is 10.6. The summed E-state index contributed by atoms with van der Waals surface area (Å²) in [6.07, 6.45) is 10.6. The summed E-state index contributed by atoms with van der Waals surface area (Å²) in [4.78, 5) is 0. The summed E-state index contributed by atoms with van der Waals surface area (Å²) in [5, 5.41) is 10.4. The zero-order valence-electron chi connectivity index (χ0n) is 20.3. The van der Waals surface area contributed by atoms with E-state index < -0.39 is 0 Å². The van der Waals surface area contributed by atoms with E-state index in [1.54, 1.807) is 6.08 Å². The van der Waals surface area contributed by atoms with E-state index in [1.165, 1.54) is 11.1 Å². The summed E-state index contributed by atoms with van der Waals surface area (Å²) in [5.74, 6) is 0.0463. The molecule has 0 amide bonds. The SMILES string of the molecule is C=C/C=C/C[C@@H]([N-][C@@H](C)c1ccccc1)[C@H]([N-][C@@H](C)c1ccccc1)C(C=C)C=C.[Li+].[Li+]. The molecule has 2 aromatic rings. The maximum Gasteiger partial charge on any atom is 1.00 e. The van der Waals surface area contributed by atoms with Crippen molar-refractivity contribution in [1.82, 2.24) is 0 Å². The van der Waals surface area contributed by atoms with Gasteiger partial charge < -0.3 is 10.6 Å².